The molecule has 0 radical (unpaired) electrons. The largest absolute Gasteiger partial charge is 0.369 e. The van der Waals surface area contributed by atoms with E-state index in [2.05, 4.69) is 22.6 Å². The minimum Gasteiger partial charge on any atom is -0.369 e. The summed E-state index contributed by atoms with van der Waals surface area (Å²) in [5.41, 5.74) is 5.91. The van der Waals surface area contributed by atoms with Crippen molar-refractivity contribution in [2.24, 2.45) is 0 Å². The SMILES string of the molecule is CC(C)(S)Cn1ccc2c(=O)[nH]c(N)nc21. The van der Waals surface area contributed by atoms with E-state index in [1.807, 2.05) is 24.6 Å². The highest BCUT2D eigenvalue weighted by atomic mass is 32.1. The number of aromatic nitrogens is 3. The van der Waals surface area contributed by atoms with E-state index < -0.39 is 0 Å². The van der Waals surface area contributed by atoms with Crippen LogP contribution in [-0.2, 0) is 6.54 Å². The minimum absolute atomic E-state index is 0.134. The Morgan fingerprint density at radius 2 is 2.31 bits per heavy atom. The zero-order chi connectivity index (χ0) is 11.9. The smallest absolute Gasteiger partial charge is 0.261 e. The van der Waals surface area contributed by atoms with Crippen molar-refractivity contribution in [1.29, 1.82) is 0 Å². The highest BCUT2D eigenvalue weighted by Crippen LogP contribution is 2.18. The lowest BCUT2D eigenvalue weighted by Gasteiger charge is -2.18. The van der Waals surface area contributed by atoms with E-state index in [4.69, 9.17) is 5.73 Å². The molecular weight excluding hydrogens is 224 g/mol. The summed E-state index contributed by atoms with van der Waals surface area (Å²) in [6.45, 7) is 4.66. The van der Waals surface area contributed by atoms with Crippen molar-refractivity contribution in [3.05, 3.63) is 22.6 Å². The predicted molar refractivity (Wildman–Crippen MR) is 67.8 cm³/mol. The quantitative estimate of drug-likeness (QED) is 0.683. The number of hydrogen-bond acceptors (Lipinski definition) is 4. The summed E-state index contributed by atoms with van der Waals surface area (Å²) in [7, 11) is 0. The second kappa shape index (κ2) is 3.55. The highest BCUT2D eigenvalue weighted by molar-refractivity contribution is 7.81. The second-order valence-electron chi connectivity index (χ2n) is 4.44. The number of nitrogens with one attached hydrogen (secondary N) is 1. The molecule has 0 unspecified atom stereocenters. The molecule has 5 nitrogen and oxygen atoms in total. The van der Waals surface area contributed by atoms with Gasteiger partial charge in [0.05, 0.1) is 5.39 Å². The van der Waals surface area contributed by atoms with Crippen LogP contribution in [0.3, 0.4) is 0 Å². The molecule has 0 aromatic carbocycles. The zero-order valence-corrected chi connectivity index (χ0v) is 10.1. The first-order valence-corrected chi connectivity index (χ1v) is 5.38. The van der Waals surface area contributed by atoms with Gasteiger partial charge in [-0.1, -0.05) is 0 Å². The van der Waals surface area contributed by atoms with Crippen molar-refractivity contribution in [3.8, 4) is 0 Å². The van der Waals surface area contributed by atoms with Gasteiger partial charge in [0, 0.05) is 17.5 Å². The number of anilines is 1. The van der Waals surface area contributed by atoms with Crippen LogP contribution >= 0.6 is 12.6 Å². The van der Waals surface area contributed by atoms with Crippen molar-refractivity contribution >= 4 is 29.6 Å². The van der Waals surface area contributed by atoms with Gasteiger partial charge in [-0.2, -0.15) is 17.6 Å². The molecule has 0 aliphatic heterocycles. The van der Waals surface area contributed by atoms with Gasteiger partial charge in [-0.15, -0.1) is 0 Å². The Balaban J connectivity index is 2.60. The number of nitrogens with zero attached hydrogens (tertiary/aromatic N) is 2. The molecule has 0 atom stereocenters. The van der Waals surface area contributed by atoms with Crippen LogP contribution in [0.2, 0.25) is 0 Å². The molecule has 0 spiro atoms. The lowest BCUT2D eigenvalue weighted by molar-refractivity contribution is 0.582. The van der Waals surface area contributed by atoms with Gasteiger partial charge in [0.1, 0.15) is 5.65 Å². The van der Waals surface area contributed by atoms with Crippen molar-refractivity contribution in [1.82, 2.24) is 14.5 Å². The van der Waals surface area contributed by atoms with Crippen molar-refractivity contribution in [3.63, 3.8) is 0 Å². The summed E-state index contributed by atoms with van der Waals surface area (Å²) in [6, 6.07) is 1.74. The minimum atomic E-state index is -0.210. The lowest BCUT2D eigenvalue weighted by atomic mass is 10.2. The van der Waals surface area contributed by atoms with Gasteiger partial charge >= 0.3 is 0 Å². The van der Waals surface area contributed by atoms with Gasteiger partial charge in [0.2, 0.25) is 5.95 Å². The summed E-state index contributed by atoms with van der Waals surface area (Å²) in [6.07, 6.45) is 1.82. The standard InChI is InChI=1S/C10H14N4OS/c1-10(2,16)5-14-4-3-6-7(14)12-9(11)13-8(6)15/h3-4,16H,5H2,1-2H3,(H3,11,12,13,15). The Bertz CT molecular complexity index is 578. The number of fused-ring (bicyclic) bond motifs is 1. The number of thiol groups is 1. The third-order valence-corrected chi connectivity index (χ3v) is 2.35. The summed E-state index contributed by atoms with van der Waals surface area (Å²) in [5.74, 6) is 0.134. The van der Waals surface area contributed by atoms with Crippen molar-refractivity contribution in [2.75, 3.05) is 5.73 Å². The van der Waals surface area contributed by atoms with Gasteiger partial charge in [-0.3, -0.25) is 9.78 Å². The maximum atomic E-state index is 11.6. The molecule has 2 aromatic heterocycles. The van der Waals surface area contributed by atoms with E-state index in [9.17, 15) is 4.79 Å². The van der Waals surface area contributed by atoms with Crippen LogP contribution in [0.1, 0.15) is 13.8 Å². The Labute approximate surface area is 98.1 Å². The molecule has 3 N–H and O–H groups in total. The van der Waals surface area contributed by atoms with Crippen LogP contribution < -0.4 is 11.3 Å². The lowest BCUT2D eigenvalue weighted by Crippen LogP contribution is -2.20. The third-order valence-electron chi connectivity index (χ3n) is 2.20. The molecule has 86 valence electrons. The third kappa shape index (κ3) is 2.06. The average Bonchev–Trinajstić information content (AvgIpc) is 2.46. The van der Waals surface area contributed by atoms with E-state index in [1.54, 1.807) is 6.07 Å². The van der Waals surface area contributed by atoms with Crippen molar-refractivity contribution in [2.45, 2.75) is 25.1 Å². The first-order chi connectivity index (χ1) is 7.37. The molecular formula is C10H14N4OS. The molecule has 0 saturated heterocycles. The summed E-state index contributed by atoms with van der Waals surface area (Å²) in [5, 5.41) is 0.548. The molecule has 0 saturated carbocycles. The molecule has 0 amide bonds. The molecule has 0 fully saturated rings. The monoisotopic (exact) mass is 238 g/mol. The first kappa shape index (κ1) is 11.1. The van der Waals surface area contributed by atoms with Gasteiger partial charge in [-0.25, -0.2) is 0 Å². The molecule has 0 bridgehead atoms. The summed E-state index contributed by atoms with van der Waals surface area (Å²) < 4.78 is 1.71. The zero-order valence-electron chi connectivity index (χ0n) is 9.19. The number of nitrogens with two attached hydrogens (primary N) is 1. The van der Waals surface area contributed by atoms with E-state index >= 15 is 0 Å². The first-order valence-electron chi connectivity index (χ1n) is 4.94. The Morgan fingerprint density at radius 1 is 1.62 bits per heavy atom. The fourth-order valence-electron chi connectivity index (χ4n) is 1.64. The second-order valence-corrected chi connectivity index (χ2v) is 5.66. The Morgan fingerprint density at radius 3 is 2.94 bits per heavy atom. The number of rotatable bonds is 2. The maximum absolute atomic E-state index is 11.6. The number of hydrogen-bond donors (Lipinski definition) is 3. The topological polar surface area (TPSA) is 76.7 Å². The van der Waals surface area contributed by atoms with Crippen LogP contribution in [0.25, 0.3) is 11.0 Å². The number of nitrogen functional groups attached to an aromatic ring is 1. The van der Waals surface area contributed by atoms with Gasteiger partial charge in [0.15, 0.2) is 0 Å². The van der Waals surface area contributed by atoms with Gasteiger partial charge in [0.25, 0.3) is 5.56 Å². The van der Waals surface area contributed by atoms with E-state index in [1.165, 1.54) is 0 Å². The van der Waals surface area contributed by atoms with Crippen LogP contribution in [-0.4, -0.2) is 19.3 Å². The van der Waals surface area contributed by atoms with Crippen LogP contribution in [0.4, 0.5) is 5.95 Å². The molecule has 6 heteroatoms. The van der Waals surface area contributed by atoms with E-state index in [0.29, 0.717) is 17.6 Å². The fourth-order valence-corrected chi connectivity index (χ4v) is 1.79. The van der Waals surface area contributed by atoms with Gasteiger partial charge in [-0.05, 0) is 19.9 Å². The Kier molecular flexibility index (Phi) is 2.46. The van der Waals surface area contributed by atoms with Gasteiger partial charge < -0.3 is 10.3 Å². The number of H-pyrrole nitrogens is 1. The van der Waals surface area contributed by atoms with Crippen LogP contribution in [0.15, 0.2) is 17.1 Å². The molecule has 2 heterocycles. The maximum Gasteiger partial charge on any atom is 0.261 e. The highest BCUT2D eigenvalue weighted by Gasteiger charge is 2.15. The molecule has 0 aliphatic carbocycles. The summed E-state index contributed by atoms with van der Waals surface area (Å²) >= 11 is 4.45. The molecule has 2 aromatic rings. The molecule has 16 heavy (non-hydrogen) atoms. The number of aromatic amines is 1. The predicted octanol–water partition coefficient (Wildman–Crippen LogP) is 1.02. The van der Waals surface area contributed by atoms with E-state index in [0.717, 1.165) is 0 Å². The van der Waals surface area contributed by atoms with Crippen LogP contribution in [0.5, 0.6) is 0 Å². The fraction of sp³-hybridized carbons (Fsp3) is 0.400. The Hall–Kier alpha value is -1.43. The molecule has 0 aliphatic rings. The summed E-state index contributed by atoms with van der Waals surface area (Å²) in [4.78, 5) is 18.2. The molecule has 2 rings (SSSR count). The average molecular weight is 238 g/mol. The van der Waals surface area contributed by atoms with Crippen LogP contribution in [0, 0.1) is 0 Å². The van der Waals surface area contributed by atoms with Crippen molar-refractivity contribution < 1.29 is 0 Å². The normalized spacial score (nSPS) is 12.2. The van der Waals surface area contributed by atoms with E-state index in [-0.39, 0.29) is 16.3 Å².